The zero-order valence-electron chi connectivity index (χ0n) is 8.64. The predicted octanol–water partition coefficient (Wildman–Crippen LogP) is 2.06. The number of hydrogen-bond donors (Lipinski definition) is 0. The summed E-state index contributed by atoms with van der Waals surface area (Å²) in [6.07, 6.45) is 2.40. The maximum absolute atomic E-state index is 11.2. The van der Waals surface area contributed by atoms with Gasteiger partial charge in [0.25, 0.3) is 0 Å². The van der Waals surface area contributed by atoms with Crippen molar-refractivity contribution in [2.24, 2.45) is 4.99 Å². The molecule has 0 aromatic heterocycles. The summed E-state index contributed by atoms with van der Waals surface area (Å²) in [6, 6.07) is 7.70. The van der Waals surface area contributed by atoms with Crippen molar-refractivity contribution >= 4 is 32.0 Å². The first-order valence-corrected chi connectivity index (χ1v) is 7.66. The number of hydrogen-bond acceptors (Lipinski definition) is 3. The molecule has 1 aliphatic rings. The summed E-state index contributed by atoms with van der Waals surface area (Å²) < 4.78 is 23.5. The van der Waals surface area contributed by atoms with Crippen LogP contribution in [0.5, 0.6) is 0 Å². The van der Waals surface area contributed by atoms with E-state index in [-0.39, 0.29) is 17.5 Å². The van der Waals surface area contributed by atoms with Crippen molar-refractivity contribution in [2.75, 3.05) is 11.5 Å². The Morgan fingerprint density at radius 2 is 2.00 bits per heavy atom. The van der Waals surface area contributed by atoms with E-state index < -0.39 is 9.84 Å². The number of halogens is 1. The average molecular weight is 302 g/mol. The van der Waals surface area contributed by atoms with Crippen molar-refractivity contribution in [1.29, 1.82) is 0 Å². The Labute approximate surface area is 104 Å². The van der Waals surface area contributed by atoms with Gasteiger partial charge in [0.1, 0.15) is 0 Å². The van der Waals surface area contributed by atoms with Crippen LogP contribution < -0.4 is 0 Å². The summed E-state index contributed by atoms with van der Waals surface area (Å²) >= 11 is 3.35. The van der Waals surface area contributed by atoms with E-state index in [9.17, 15) is 8.42 Å². The van der Waals surface area contributed by atoms with Gasteiger partial charge in [-0.25, -0.2) is 8.42 Å². The maximum atomic E-state index is 11.2. The smallest absolute Gasteiger partial charge is 0.152 e. The lowest BCUT2D eigenvalue weighted by Crippen LogP contribution is -2.07. The molecule has 1 atom stereocenters. The molecule has 0 saturated carbocycles. The molecule has 1 aromatic rings. The van der Waals surface area contributed by atoms with E-state index in [1.54, 1.807) is 6.21 Å². The van der Waals surface area contributed by atoms with Gasteiger partial charge < -0.3 is 0 Å². The molecule has 5 heteroatoms. The Hall–Kier alpha value is -0.680. The monoisotopic (exact) mass is 301 g/mol. The maximum Gasteiger partial charge on any atom is 0.152 e. The molecule has 1 aliphatic heterocycles. The first-order valence-electron chi connectivity index (χ1n) is 5.04. The predicted molar refractivity (Wildman–Crippen MR) is 68.8 cm³/mol. The summed E-state index contributed by atoms with van der Waals surface area (Å²) in [5.41, 5.74) is 0.993. The van der Waals surface area contributed by atoms with Gasteiger partial charge in [0.2, 0.25) is 0 Å². The van der Waals surface area contributed by atoms with Crippen LogP contribution in [0.1, 0.15) is 12.0 Å². The van der Waals surface area contributed by atoms with Crippen LogP contribution in [0.4, 0.5) is 0 Å². The molecule has 1 fully saturated rings. The highest BCUT2D eigenvalue weighted by Gasteiger charge is 2.26. The second kappa shape index (κ2) is 4.67. The van der Waals surface area contributed by atoms with Gasteiger partial charge in [-0.1, -0.05) is 28.1 Å². The zero-order chi connectivity index (χ0) is 11.6. The fraction of sp³-hybridized carbons (Fsp3) is 0.364. The highest BCUT2D eigenvalue weighted by atomic mass is 79.9. The third-order valence-electron chi connectivity index (χ3n) is 2.51. The van der Waals surface area contributed by atoms with E-state index in [2.05, 4.69) is 20.9 Å². The Morgan fingerprint density at radius 1 is 1.31 bits per heavy atom. The average Bonchev–Trinajstić information content (AvgIpc) is 2.58. The first-order chi connectivity index (χ1) is 7.55. The fourth-order valence-corrected chi connectivity index (χ4v) is 3.53. The molecule has 0 spiro atoms. The molecule has 0 N–H and O–H groups in total. The van der Waals surface area contributed by atoms with E-state index in [4.69, 9.17) is 0 Å². The molecular weight excluding hydrogens is 290 g/mol. The Kier molecular flexibility index (Phi) is 3.44. The van der Waals surface area contributed by atoms with Gasteiger partial charge in [-0.2, -0.15) is 0 Å². The quantitative estimate of drug-likeness (QED) is 0.785. The molecule has 0 radical (unpaired) electrons. The SMILES string of the molecule is O=S1(=O)CCC(N=Cc2ccc(Br)cc2)C1. The molecular formula is C11H12BrNO2S. The van der Waals surface area contributed by atoms with Crippen molar-refractivity contribution in [1.82, 2.24) is 0 Å². The van der Waals surface area contributed by atoms with Gasteiger partial charge in [-0.3, -0.25) is 4.99 Å². The van der Waals surface area contributed by atoms with E-state index in [0.717, 1.165) is 10.0 Å². The van der Waals surface area contributed by atoms with E-state index in [1.807, 2.05) is 24.3 Å². The van der Waals surface area contributed by atoms with E-state index in [0.29, 0.717) is 6.42 Å². The highest BCUT2D eigenvalue weighted by molar-refractivity contribution is 9.10. The number of rotatable bonds is 2. The van der Waals surface area contributed by atoms with Gasteiger partial charge in [-0.05, 0) is 24.1 Å². The second-order valence-electron chi connectivity index (χ2n) is 3.89. The van der Waals surface area contributed by atoms with Crippen molar-refractivity contribution in [3.8, 4) is 0 Å². The van der Waals surface area contributed by atoms with Crippen molar-refractivity contribution in [2.45, 2.75) is 12.5 Å². The van der Waals surface area contributed by atoms with Crippen LogP contribution in [-0.4, -0.2) is 32.2 Å². The van der Waals surface area contributed by atoms with Gasteiger partial charge >= 0.3 is 0 Å². The van der Waals surface area contributed by atoms with E-state index >= 15 is 0 Å². The van der Waals surface area contributed by atoms with Crippen LogP contribution in [0.15, 0.2) is 33.7 Å². The molecule has 0 bridgehead atoms. The first kappa shape index (κ1) is 11.8. The zero-order valence-corrected chi connectivity index (χ0v) is 11.0. The molecule has 2 rings (SSSR count). The molecule has 16 heavy (non-hydrogen) atoms. The van der Waals surface area contributed by atoms with Crippen LogP contribution in [0.25, 0.3) is 0 Å². The van der Waals surface area contributed by atoms with Crippen LogP contribution in [0, 0.1) is 0 Å². The van der Waals surface area contributed by atoms with Gasteiger partial charge in [0, 0.05) is 10.7 Å². The van der Waals surface area contributed by atoms with Crippen molar-refractivity contribution in [3.63, 3.8) is 0 Å². The Bertz CT molecular complexity index is 493. The van der Waals surface area contributed by atoms with Gasteiger partial charge in [-0.15, -0.1) is 0 Å². The number of benzene rings is 1. The third kappa shape index (κ3) is 3.15. The highest BCUT2D eigenvalue weighted by Crippen LogP contribution is 2.15. The largest absolute Gasteiger partial charge is 0.288 e. The molecule has 0 amide bonds. The molecule has 1 heterocycles. The molecule has 1 aromatic carbocycles. The second-order valence-corrected chi connectivity index (χ2v) is 7.03. The van der Waals surface area contributed by atoms with Crippen LogP contribution in [0.2, 0.25) is 0 Å². The summed E-state index contributed by atoms with van der Waals surface area (Å²) in [4.78, 5) is 4.30. The van der Waals surface area contributed by atoms with E-state index in [1.165, 1.54) is 0 Å². The topological polar surface area (TPSA) is 46.5 Å². The lowest BCUT2D eigenvalue weighted by atomic mass is 10.2. The number of sulfone groups is 1. The number of aliphatic imine (C=N–C) groups is 1. The fourth-order valence-electron chi connectivity index (χ4n) is 1.63. The normalized spacial score (nSPS) is 23.9. The Balaban J connectivity index is 2.03. The van der Waals surface area contributed by atoms with Crippen LogP contribution >= 0.6 is 15.9 Å². The third-order valence-corrected chi connectivity index (χ3v) is 4.79. The lowest BCUT2D eigenvalue weighted by Gasteiger charge is -1.99. The van der Waals surface area contributed by atoms with Gasteiger partial charge in [0.15, 0.2) is 9.84 Å². The summed E-state index contributed by atoms with van der Waals surface area (Å²) in [5, 5.41) is 0. The standard InChI is InChI=1S/C11H12BrNO2S/c12-10-3-1-9(2-4-10)7-13-11-5-6-16(14,15)8-11/h1-4,7,11H,5-6,8H2. The molecule has 1 saturated heterocycles. The van der Waals surface area contributed by atoms with Gasteiger partial charge in [0.05, 0.1) is 17.5 Å². The Morgan fingerprint density at radius 3 is 2.56 bits per heavy atom. The molecule has 3 nitrogen and oxygen atoms in total. The minimum absolute atomic E-state index is 0.0614. The molecule has 0 aliphatic carbocycles. The molecule has 86 valence electrons. The molecule has 1 unspecified atom stereocenters. The van der Waals surface area contributed by atoms with Crippen LogP contribution in [-0.2, 0) is 9.84 Å². The summed E-state index contributed by atoms with van der Waals surface area (Å²) in [7, 11) is -2.83. The minimum atomic E-state index is -2.83. The van der Waals surface area contributed by atoms with Crippen molar-refractivity contribution < 1.29 is 8.42 Å². The number of nitrogens with zero attached hydrogens (tertiary/aromatic N) is 1. The lowest BCUT2D eigenvalue weighted by molar-refractivity contribution is 0.601. The summed E-state index contributed by atoms with van der Waals surface area (Å²) in [5.74, 6) is 0.468. The summed E-state index contributed by atoms with van der Waals surface area (Å²) in [6.45, 7) is 0. The van der Waals surface area contributed by atoms with Crippen LogP contribution in [0.3, 0.4) is 0 Å². The minimum Gasteiger partial charge on any atom is -0.288 e. The van der Waals surface area contributed by atoms with Crippen molar-refractivity contribution in [3.05, 3.63) is 34.3 Å².